The van der Waals surface area contributed by atoms with E-state index in [-0.39, 0.29) is 0 Å². The third kappa shape index (κ3) is 6.41. The number of rotatable bonds is 5. The molecular weight excluding hydrogens is 239 g/mol. The zero-order chi connectivity index (χ0) is 12.7. The number of alkyl halides is 3. The number of hydroxylamine groups is 1. The third-order valence-electron chi connectivity index (χ3n) is 1.53. The highest BCUT2D eigenvalue weighted by atomic mass is 19.4. The van der Waals surface area contributed by atoms with E-state index in [1.165, 1.54) is 0 Å². The van der Waals surface area contributed by atoms with Crippen LogP contribution in [-0.4, -0.2) is 25.3 Å². The van der Waals surface area contributed by atoms with Crippen LogP contribution >= 0.6 is 0 Å². The van der Waals surface area contributed by atoms with Gasteiger partial charge in [0, 0.05) is 0 Å². The van der Waals surface area contributed by atoms with E-state index in [0.717, 1.165) is 0 Å². The molecule has 0 bridgehead atoms. The first kappa shape index (κ1) is 13.3. The molecule has 0 saturated heterocycles. The molecule has 0 atom stereocenters. The highest BCUT2D eigenvalue weighted by Crippen LogP contribution is 2.13. The van der Waals surface area contributed by atoms with E-state index in [1.54, 1.807) is 35.8 Å². The maximum absolute atomic E-state index is 11.6. The number of halogens is 3. The van der Waals surface area contributed by atoms with Gasteiger partial charge in [0.05, 0.1) is 0 Å². The van der Waals surface area contributed by atoms with E-state index in [2.05, 4.69) is 4.84 Å². The van der Waals surface area contributed by atoms with Crippen molar-refractivity contribution in [1.29, 1.82) is 0 Å². The van der Waals surface area contributed by atoms with Crippen molar-refractivity contribution in [3.05, 3.63) is 30.3 Å². The average Bonchev–Trinajstić information content (AvgIpc) is 2.26. The number of hydrogen-bond donors (Lipinski definition) is 1. The predicted molar refractivity (Wildman–Crippen MR) is 52.1 cm³/mol. The summed E-state index contributed by atoms with van der Waals surface area (Å²) in [7, 11) is 0. The molecule has 1 aromatic carbocycles. The molecule has 0 aliphatic carbocycles. The fourth-order valence-electron chi connectivity index (χ4n) is 0.893. The summed E-state index contributed by atoms with van der Waals surface area (Å²) in [4.78, 5) is 14.9. The van der Waals surface area contributed by atoms with Gasteiger partial charge < -0.3 is 4.74 Å². The number of carbonyl (C=O) groups excluding carboxylic acids is 1. The van der Waals surface area contributed by atoms with Gasteiger partial charge in [0.1, 0.15) is 5.75 Å². The molecule has 0 fully saturated rings. The fraction of sp³-hybridized carbons (Fsp3) is 0.300. The van der Waals surface area contributed by atoms with Gasteiger partial charge in [0.25, 0.3) is 5.91 Å². The van der Waals surface area contributed by atoms with Crippen LogP contribution < -0.4 is 10.2 Å². The lowest BCUT2D eigenvalue weighted by molar-refractivity contribution is -0.192. The Morgan fingerprint density at radius 2 is 1.88 bits per heavy atom. The molecule has 1 aromatic rings. The average molecular weight is 249 g/mol. The highest BCUT2D eigenvalue weighted by molar-refractivity contribution is 5.76. The van der Waals surface area contributed by atoms with Gasteiger partial charge in [-0.3, -0.25) is 9.63 Å². The smallest absolute Gasteiger partial charge is 0.414 e. The minimum Gasteiger partial charge on any atom is -0.484 e. The van der Waals surface area contributed by atoms with Crippen molar-refractivity contribution in [2.24, 2.45) is 0 Å². The summed E-state index contributed by atoms with van der Waals surface area (Å²) < 4.78 is 39.9. The molecule has 0 unspecified atom stereocenters. The minimum absolute atomic E-state index is 0.415. The van der Waals surface area contributed by atoms with Crippen molar-refractivity contribution in [2.45, 2.75) is 6.18 Å². The second kappa shape index (κ2) is 6.09. The van der Waals surface area contributed by atoms with Crippen LogP contribution in [0.3, 0.4) is 0 Å². The van der Waals surface area contributed by atoms with Crippen molar-refractivity contribution in [2.75, 3.05) is 13.2 Å². The highest BCUT2D eigenvalue weighted by Gasteiger charge is 2.28. The molecular formula is C10H10F3NO3. The summed E-state index contributed by atoms with van der Waals surface area (Å²) in [5.74, 6) is -0.350. The number of hydrogen-bond acceptors (Lipinski definition) is 3. The van der Waals surface area contributed by atoms with Gasteiger partial charge in [0.15, 0.2) is 13.2 Å². The summed E-state index contributed by atoms with van der Waals surface area (Å²) in [5, 5.41) is 0. The first-order valence-corrected chi connectivity index (χ1v) is 4.62. The molecule has 0 saturated carbocycles. The lowest BCUT2D eigenvalue weighted by atomic mass is 10.3. The van der Waals surface area contributed by atoms with E-state index >= 15 is 0 Å². The molecule has 0 radical (unpaired) electrons. The maximum Gasteiger partial charge on any atom is 0.414 e. The van der Waals surface area contributed by atoms with Crippen LogP contribution in [-0.2, 0) is 9.63 Å². The Labute approximate surface area is 95.3 Å². The monoisotopic (exact) mass is 249 g/mol. The Hall–Kier alpha value is -1.76. The van der Waals surface area contributed by atoms with Crippen molar-refractivity contribution in [3.8, 4) is 5.75 Å². The van der Waals surface area contributed by atoms with Crippen molar-refractivity contribution < 1.29 is 27.5 Å². The lowest BCUT2D eigenvalue weighted by Crippen LogP contribution is -2.32. The van der Waals surface area contributed by atoms with Gasteiger partial charge in [-0.25, -0.2) is 5.48 Å². The van der Waals surface area contributed by atoms with Crippen LogP contribution in [0.4, 0.5) is 13.2 Å². The summed E-state index contributed by atoms with van der Waals surface area (Å²) in [6, 6.07) is 8.40. The Balaban J connectivity index is 2.18. The normalized spacial score (nSPS) is 11.0. The van der Waals surface area contributed by atoms with Crippen LogP contribution in [0.1, 0.15) is 0 Å². The Bertz CT molecular complexity index is 354. The quantitative estimate of drug-likeness (QED) is 0.807. The zero-order valence-electron chi connectivity index (χ0n) is 8.66. The van der Waals surface area contributed by atoms with E-state index in [0.29, 0.717) is 5.75 Å². The molecule has 0 aromatic heterocycles. The second-order valence-electron chi connectivity index (χ2n) is 3.03. The topological polar surface area (TPSA) is 47.6 Å². The molecule has 94 valence electrons. The van der Waals surface area contributed by atoms with Gasteiger partial charge in [0.2, 0.25) is 0 Å². The van der Waals surface area contributed by atoms with E-state index in [1.807, 2.05) is 0 Å². The minimum atomic E-state index is -4.48. The Morgan fingerprint density at radius 1 is 1.24 bits per heavy atom. The first-order chi connectivity index (χ1) is 7.97. The number of benzene rings is 1. The largest absolute Gasteiger partial charge is 0.484 e. The molecule has 1 N–H and O–H groups in total. The standard InChI is InChI=1S/C10H10F3NO3/c11-10(12,13)7-17-14-9(15)6-16-8-4-2-1-3-5-8/h1-5H,6-7H2,(H,14,15). The second-order valence-corrected chi connectivity index (χ2v) is 3.03. The Morgan fingerprint density at radius 3 is 2.47 bits per heavy atom. The number of para-hydroxylation sites is 1. The summed E-state index contributed by atoms with van der Waals surface area (Å²) >= 11 is 0. The molecule has 0 aliphatic heterocycles. The van der Waals surface area contributed by atoms with E-state index in [4.69, 9.17) is 4.74 Å². The molecule has 4 nitrogen and oxygen atoms in total. The molecule has 1 amide bonds. The molecule has 17 heavy (non-hydrogen) atoms. The summed E-state index contributed by atoms with van der Waals surface area (Å²) in [6.07, 6.45) is -4.48. The maximum atomic E-state index is 11.6. The van der Waals surface area contributed by atoms with Crippen LogP contribution in [0.25, 0.3) is 0 Å². The number of ether oxygens (including phenoxy) is 1. The molecule has 1 rings (SSSR count). The summed E-state index contributed by atoms with van der Waals surface area (Å²) in [6.45, 7) is -1.95. The van der Waals surface area contributed by atoms with Gasteiger partial charge in [-0.15, -0.1) is 0 Å². The van der Waals surface area contributed by atoms with Gasteiger partial charge in [-0.1, -0.05) is 18.2 Å². The SMILES string of the molecule is O=C(COc1ccccc1)NOCC(F)(F)F. The number of amides is 1. The molecule has 0 spiro atoms. The van der Waals surface area contributed by atoms with Crippen LogP contribution in [0.5, 0.6) is 5.75 Å². The first-order valence-electron chi connectivity index (χ1n) is 4.62. The predicted octanol–water partition coefficient (Wildman–Crippen LogP) is 1.68. The van der Waals surface area contributed by atoms with Crippen LogP contribution in [0.15, 0.2) is 30.3 Å². The van der Waals surface area contributed by atoms with Gasteiger partial charge >= 0.3 is 6.18 Å². The van der Waals surface area contributed by atoms with E-state index < -0.39 is 25.3 Å². The third-order valence-corrected chi connectivity index (χ3v) is 1.53. The van der Waals surface area contributed by atoms with Gasteiger partial charge in [-0.2, -0.15) is 13.2 Å². The van der Waals surface area contributed by atoms with Crippen molar-refractivity contribution in [1.82, 2.24) is 5.48 Å². The Kier molecular flexibility index (Phi) is 4.77. The fourth-order valence-corrected chi connectivity index (χ4v) is 0.893. The lowest BCUT2D eigenvalue weighted by Gasteiger charge is -2.09. The van der Waals surface area contributed by atoms with Crippen molar-refractivity contribution >= 4 is 5.91 Å². The van der Waals surface area contributed by atoms with E-state index in [9.17, 15) is 18.0 Å². The number of nitrogens with one attached hydrogen (secondary N) is 1. The van der Waals surface area contributed by atoms with Crippen molar-refractivity contribution in [3.63, 3.8) is 0 Å². The van der Waals surface area contributed by atoms with Crippen LogP contribution in [0.2, 0.25) is 0 Å². The molecule has 0 heterocycles. The van der Waals surface area contributed by atoms with Crippen LogP contribution in [0, 0.1) is 0 Å². The molecule has 7 heteroatoms. The van der Waals surface area contributed by atoms with Gasteiger partial charge in [-0.05, 0) is 12.1 Å². The summed E-state index contributed by atoms with van der Waals surface area (Å²) in [5.41, 5.74) is 1.63. The molecule has 0 aliphatic rings. The zero-order valence-corrected chi connectivity index (χ0v) is 8.66. The number of carbonyl (C=O) groups is 1.